The van der Waals surface area contributed by atoms with Crippen LogP contribution in [0.4, 0.5) is 0 Å². The molecule has 8 atom stereocenters. The molecule has 0 aromatic rings. The minimum atomic E-state index is -0.898. The average Bonchev–Trinajstić information content (AvgIpc) is 3.11. The molecule has 2 bridgehead atoms. The standard InChI is InChI=1S/C20H24O7/c1-8(2)9(6-11(21)18(23)25-4)5-10-13-14-12(26-19(13)24)7-20(3)15(14)16(22)17(10)27-20/h9-10,12-15,17H,1,5-7H2,2-4H3/t9-,10?,12?,13+,14+,15+,17-,20+/m0/s1. The minimum absolute atomic E-state index is 0.0457. The van der Waals surface area contributed by atoms with Crippen molar-refractivity contribution < 1.29 is 33.4 Å². The first-order chi connectivity index (χ1) is 12.7. The SMILES string of the molecule is C=C(C)[C@H](CC(=O)C(=O)OC)CC1[C@@H]2O[C@]3(C)CC4OC(=O)[C@H]1[C@@H]4[C@@H]3C2=O. The van der Waals surface area contributed by atoms with E-state index in [2.05, 4.69) is 11.3 Å². The average molecular weight is 376 g/mol. The summed E-state index contributed by atoms with van der Waals surface area (Å²) in [6.45, 7) is 7.64. The van der Waals surface area contributed by atoms with E-state index in [1.165, 1.54) is 0 Å². The Balaban J connectivity index is 1.62. The van der Waals surface area contributed by atoms with Crippen LogP contribution in [0.1, 0.15) is 33.1 Å². The molecule has 0 aromatic carbocycles. The lowest BCUT2D eigenvalue weighted by molar-refractivity contribution is -0.152. The van der Waals surface area contributed by atoms with Gasteiger partial charge in [0.1, 0.15) is 12.2 Å². The molecule has 7 heteroatoms. The number of ketones is 2. The molecule has 0 aromatic heterocycles. The van der Waals surface area contributed by atoms with Crippen LogP contribution in [0.15, 0.2) is 12.2 Å². The molecule has 2 aliphatic carbocycles. The van der Waals surface area contributed by atoms with E-state index in [-0.39, 0.29) is 47.9 Å². The number of carbonyl (C=O) groups is 4. The fourth-order valence-corrected chi connectivity index (χ4v) is 5.79. The minimum Gasteiger partial charge on any atom is -0.463 e. The summed E-state index contributed by atoms with van der Waals surface area (Å²) in [5.74, 6) is -3.32. The Morgan fingerprint density at radius 2 is 2.07 bits per heavy atom. The van der Waals surface area contributed by atoms with Crippen molar-refractivity contribution in [1.82, 2.24) is 0 Å². The predicted molar refractivity (Wildman–Crippen MR) is 91.3 cm³/mol. The van der Waals surface area contributed by atoms with E-state index in [0.717, 1.165) is 12.7 Å². The molecule has 2 heterocycles. The van der Waals surface area contributed by atoms with Crippen LogP contribution >= 0.6 is 0 Å². The zero-order valence-corrected chi connectivity index (χ0v) is 15.7. The van der Waals surface area contributed by atoms with Gasteiger partial charge in [-0.15, -0.1) is 0 Å². The smallest absolute Gasteiger partial charge is 0.374 e. The van der Waals surface area contributed by atoms with Crippen molar-refractivity contribution >= 4 is 23.5 Å². The number of esters is 2. The summed E-state index contributed by atoms with van der Waals surface area (Å²) in [6, 6.07) is 0. The summed E-state index contributed by atoms with van der Waals surface area (Å²) in [7, 11) is 1.16. The van der Waals surface area contributed by atoms with Gasteiger partial charge in [-0.25, -0.2) is 4.79 Å². The van der Waals surface area contributed by atoms with Gasteiger partial charge in [0.2, 0.25) is 5.78 Å². The summed E-state index contributed by atoms with van der Waals surface area (Å²) >= 11 is 0. The number of rotatable bonds is 6. The van der Waals surface area contributed by atoms with E-state index in [0.29, 0.717) is 12.8 Å². The normalized spacial score (nSPS) is 42.0. The van der Waals surface area contributed by atoms with E-state index < -0.39 is 29.4 Å². The van der Waals surface area contributed by atoms with Gasteiger partial charge in [0.15, 0.2) is 5.78 Å². The quantitative estimate of drug-likeness (QED) is 0.391. The molecule has 2 aliphatic heterocycles. The first kappa shape index (κ1) is 18.3. The Labute approximate surface area is 157 Å². The van der Waals surface area contributed by atoms with Crippen molar-refractivity contribution in [1.29, 1.82) is 0 Å². The number of allylic oxidation sites excluding steroid dienone is 1. The molecule has 4 rings (SSSR count). The van der Waals surface area contributed by atoms with E-state index in [9.17, 15) is 19.2 Å². The fraction of sp³-hybridized carbons (Fsp3) is 0.700. The number of carbonyl (C=O) groups excluding carboxylic acids is 4. The molecule has 2 saturated heterocycles. The highest BCUT2D eigenvalue weighted by Crippen LogP contribution is 2.63. The molecule has 4 fully saturated rings. The summed E-state index contributed by atoms with van der Waals surface area (Å²) in [6.07, 6.45) is -0.0614. The lowest BCUT2D eigenvalue weighted by atomic mass is 9.63. The molecule has 2 unspecified atom stereocenters. The number of hydrogen-bond acceptors (Lipinski definition) is 7. The van der Waals surface area contributed by atoms with Gasteiger partial charge >= 0.3 is 11.9 Å². The summed E-state index contributed by atoms with van der Waals surface area (Å²) in [4.78, 5) is 49.1. The van der Waals surface area contributed by atoms with Gasteiger partial charge in [0.05, 0.1) is 24.5 Å². The molecular formula is C20H24O7. The van der Waals surface area contributed by atoms with Gasteiger partial charge in [-0.05, 0) is 26.2 Å². The predicted octanol–water partition coefficient (Wildman–Crippen LogP) is 1.24. The van der Waals surface area contributed by atoms with Crippen molar-refractivity contribution in [3.63, 3.8) is 0 Å². The third-order valence-electron chi connectivity index (χ3n) is 6.96. The molecule has 0 amide bonds. The summed E-state index contributed by atoms with van der Waals surface area (Å²) in [5.41, 5.74) is 0.143. The fourth-order valence-electron chi connectivity index (χ4n) is 5.79. The molecule has 0 radical (unpaired) electrons. The van der Waals surface area contributed by atoms with E-state index in [1.807, 2.05) is 6.92 Å². The molecular weight excluding hydrogens is 352 g/mol. The highest BCUT2D eigenvalue weighted by Gasteiger charge is 2.74. The molecule has 27 heavy (non-hydrogen) atoms. The van der Waals surface area contributed by atoms with Gasteiger partial charge in [-0.3, -0.25) is 14.4 Å². The highest BCUT2D eigenvalue weighted by molar-refractivity contribution is 6.33. The van der Waals surface area contributed by atoms with Crippen LogP contribution in [0.5, 0.6) is 0 Å². The zero-order chi connectivity index (χ0) is 19.7. The molecule has 0 N–H and O–H groups in total. The maximum absolute atomic E-state index is 13.0. The first-order valence-corrected chi connectivity index (χ1v) is 9.36. The maximum Gasteiger partial charge on any atom is 0.374 e. The Morgan fingerprint density at radius 1 is 1.37 bits per heavy atom. The zero-order valence-electron chi connectivity index (χ0n) is 15.7. The third kappa shape index (κ3) is 2.51. The molecule has 2 saturated carbocycles. The van der Waals surface area contributed by atoms with Gasteiger partial charge in [0.25, 0.3) is 0 Å². The lowest BCUT2D eigenvalue weighted by Crippen LogP contribution is -2.47. The van der Waals surface area contributed by atoms with Crippen molar-refractivity contribution in [2.45, 2.75) is 50.9 Å². The first-order valence-electron chi connectivity index (χ1n) is 9.36. The van der Waals surface area contributed by atoms with Crippen LogP contribution in [0.3, 0.4) is 0 Å². The third-order valence-corrected chi connectivity index (χ3v) is 6.96. The van der Waals surface area contributed by atoms with Crippen molar-refractivity contribution in [3.8, 4) is 0 Å². The second-order valence-electron chi connectivity index (χ2n) is 8.58. The maximum atomic E-state index is 13.0. The van der Waals surface area contributed by atoms with Gasteiger partial charge < -0.3 is 14.2 Å². The summed E-state index contributed by atoms with van der Waals surface area (Å²) in [5, 5.41) is 0. The van der Waals surface area contributed by atoms with Crippen molar-refractivity contribution in [2.75, 3.05) is 7.11 Å². The largest absolute Gasteiger partial charge is 0.463 e. The van der Waals surface area contributed by atoms with Crippen molar-refractivity contribution in [3.05, 3.63) is 12.2 Å². The molecule has 4 aliphatic rings. The second-order valence-corrected chi connectivity index (χ2v) is 8.58. The van der Waals surface area contributed by atoms with Gasteiger partial charge in [0, 0.05) is 24.7 Å². The van der Waals surface area contributed by atoms with Crippen molar-refractivity contribution in [2.24, 2.45) is 29.6 Å². The van der Waals surface area contributed by atoms with Gasteiger partial charge in [-0.1, -0.05) is 12.2 Å². The van der Waals surface area contributed by atoms with E-state index in [1.54, 1.807) is 6.92 Å². The second kappa shape index (κ2) is 5.99. The van der Waals surface area contributed by atoms with Gasteiger partial charge in [-0.2, -0.15) is 0 Å². The van der Waals surface area contributed by atoms with Crippen LogP contribution in [-0.4, -0.2) is 48.4 Å². The Hall–Kier alpha value is -2.02. The number of hydrogen-bond donors (Lipinski definition) is 0. The summed E-state index contributed by atoms with van der Waals surface area (Å²) < 4.78 is 16.3. The number of ether oxygens (including phenoxy) is 3. The molecule has 146 valence electrons. The van der Waals surface area contributed by atoms with Crippen LogP contribution in [0, 0.1) is 29.6 Å². The Kier molecular flexibility index (Phi) is 4.07. The van der Waals surface area contributed by atoms with Crippen LogP contribution in [0.25, 0.3) is 0 Å². The number of Topliss-reactive ketones (excluding diaryl/α,β-unsaturated/α-hetero) is 2. The monoisotopic (exact) mass is 376 g/mol. The number of methoxy groups -OCH3 is 1. The Bertz CT molecular complexity index is 755. The van der Waals surface area contributed by atoms with E-state index in [4.69, 9.17) is 9.47 Å². The van der Waals surface area contributed by atoms with Crippen LogP contribution in [0.2, 0.25) is 0 Å². The van der Waals surface area contributed by atoms with Crippen LogP contribution < -0.4 is 0 Å². The Morgan fingerprint density at radius 3 is 2.70 bits per heavy atom. The molecule has 7 nitrogen and oxygen atoms in total. The molecule has 0 spiro atoms. The van der Waals surface area contributed by atoms with E-state index >= 15 is 0 Å². The lowest BCUT2D eigenvalue weighted by Gasteiger charge is -2.36. The topological polar surface area (TPSA) is 96.0 Å². The highest BCUT2D eigenvalue weighted by atomic mass is 16.6. The van der Waals surface area contributed by atoms with Crippen LogP contribution in [-0.2, 0) is 33.4 Å². The number of fused-ring (bicyclic) bond motifs is 1.